The molecule has 0 spiro atoms. The molecular formula is C18H21N3O2. The van der Waals surface area contributed by atoms with Crippen molar-refractivity contribution in [1.29, 1.82) is 0 Å². The highest BCUT2D eigenvalue weighted by atomic mass is 16.5. The summed E-state index contributed by atoms with van der Waals surface area (Å²) in [6.07, 6.45) is 6.27. The van der Waals surface area contributed by atoms with Crippen LogP contribution < -0.4 is 4.74 Å². The number of hydrogen-bond acceptors (Lipinski definition) is 4. The molecule has 1 atom stereocenters. The van der Waals surface area contributed by atoms with E-state index in [1.165, 1.54) is 0 Å². The molecule has 1 fully saturated rings. The topological polar surface area (TPSA) is 55.3 Å². The van der Waals surface area contributed by atoms with Crippen molar-refractivity contribution in [2.24, 2.45) is 0 Å². The molecule has 2 aromatic rings. The molecule has 5 nitrogen and oxygen atoms in total. The number of hydrogen-bond donors (Lipinski definition) is 0. The predicted molar refractivity (Wildman–Crippen MR) is 87.4 cm³/mol. The number of rotatable bonds is 4. The van der Waals surface area contributed by atoms with Gasteiger partial charge in [0.2, 0.25) is 0 Å². The molecule has 1 saturated heterocycles. The first-order chi connectivity index (χ1) is 11.3. The van der Waals surface area contributed by atoms with Gasteiger partial charge in [-0.05, 0) is 37.0 Å². The standard InChI is InChI=1S/C18H21N3O2/c1-2-14-11-19-18(20-12-14)23-16-9-6-10-21(13-16)17(22)15-7-4-3-5-8-15/h3-5,7-8,11-12,16H,2,6,9-10,13H2,1H3. The van der Waals surface area contributed by atoms with Gasteiger partial charge in [0.15, 0.2) is 0 Å². The van der Waals surface area contributed by atoms with E-state index in [9.17, 15) is 4.79 Å². The summed E-state index contributed by atoms with van der Waals surface area (Å²) >= 11 is 0. The Morgan fingerprint density at radius 3 is 2.70 bits per heavy atom. The molecule has 1 amide bonds. The molecular weight excluding hydrogens is 290 g/mol. The van der Waals surface area contributed by atoms with E-state index in [-0.39, 0.29) is 12.0 Å². The number of aromatic nitrogens is 2. The lowest BCUT2D eigenvalue weighted by atomic mass is 10.1. The third-order valence-electron chi connectivity index (χ3n) is 4.05. The maximum absolute atomic E-state index is 12.5. The first-order valence-corrected chi connectivity index (χ1v) is 8.08. The molecule has 0 bridgehead atoms. The molecule has 1 aliphatic heterocycles. The number of amides is 1. The minimum atomic E-state index is -0.0520. The van der Waals surface area contributed by atoms with Gasteiger partial charge in [0.1, 0.15) is 6.10 Å². The van der Waals surface area contributed by atoms with Gasteiger partial charge in [-0.3, -0.25) is 4.79 Å². The largest absolute Gasteiger partial charge is 0.458 e. The summed E-state index contributed by atoms with van der Waals surface area (Å²) in [5.74, 6) is 0.0566. The van der Waals surface area contributed by atoms with Gasteiger partial charge in [-0.15, -0.1) is 0 Å². The molecule has 0 aliphatic carbocycles. The summed E-state index contributed by atoms with van der Waals surface area (Å²) in [5.41, 5.74) is 1.80. The van der Waals surface area contributed by atoms with Crippen LogP contribution in [0.2, 0.25) is 0 Å². The van der Waals surface area contributed by atoms with Crippen molar-refractivity contribution in [3.05, 3.63) is 53.9 Å². The molecule has 1 aliphatic rings. The van der Waals surface area contributed by atoms with Crippen LogP contribution in [0.1, 0.15) is 35.7 Å². The predicted octanol–water partition coefficient (Wildman–Crippen LogP) is 2.72. The molecule has 2 heterocycles. The quantitative estimate of drug-likeness (QED) is 0.871. The summed E-state index contributed by atoms with van der Waals surface area (Å²) in [4.78, 5) is 22.8. The summed E-state index contributed by atoms with van der Waals surface area (Å²) in [6, 6.07) is 9.76. The zero-order valence-electron chi connectivity index (χ0n) is 13.3. The minimum absolute atomic E-state index is 0.0520. The summed E-state index contributed by atoms with van der Waals surface area (Å²) < 4.78 is 5.85. The van der Waals surface area contributed by atoms with Gasteiger partial charge in [-0.2, -0.15) is 0 Å². The van der Waals surface area contributed by atoms with Gasteiger partial charge in [0.05, 0.1) is 6.54 Å². The number of nitrogens with zero attached hydrogens (tertiary/aromatic N) is 3. The van der Waals surface area contributed by atoms with E-state index in [1.54, 1.807) is 12.4 Å². The third-order valence-corrected chi connectivity index (χ3v) is 4.05. The van der Waals surface area contributed by atoms with Gasteiger partial charge in [-0.25, -0.2) is 9.97 Å². The molecule has 120 valence electrons. The number of carbonyl (C=O) groups is 1. The van der Waals surface area contributed by atoms with E-state index >= 15 is 0 Å². The molecule has 0 N–H and O–H groups in total. The van der Waals surface area contributed by atoms with E-state index in [0.717, 1.165) is 36.9 Å². The van der Waals surface area contributed by atoms with Crippen LogP contribution in [0.15, 0.2) is 42.7 Å². The molecule has 1 aromatic heterocycles. The van der Waals surface area contributed by atoms with Crippen LogP contribution >= 0.6 is 0 Å². The Balaban J connectivity index is 1.62. The highest BCUT2D eigenvalue weighted by Gasteiger charge is 2.26. The number of ether oxygens (including phenoxy) is 1. The Morgan fingerprint density at radius 1 is 1.26 bits per heavy atom. The van der Waals surface area contributed by atoms with E-state index < -0.39 is 0 Å². The van der Waals surface area contributed by atoms with Gasteiger partial charge >= 0.3 is 6.01 Å². The van der Waals surface area contributed by atoms with Crippen molar-refractivity contribution >= 4 is 5.91 Å². The first-order valence-electron chi connectivity index (χ1n) is 8.08. The Kier molecular flexibility index (Phi) is 4.86. The third kappa shape index (κ3) is 3.86. The fraction of sp³-hybridized carbons (Fsp3) is 0.389. The first kappa shape index (κ1) is 15.5. The van der Waals surface area contributed by atoms with E-state index in [4.69, 9.17) is 4.74 Å². The van der Waals surface area contributed by atoms with Crippen molar-refractivity contribution in [2.45, 2.75) is 32.3 Å². The average Bonchev–Trinajstić information content (AvgIpc) is 2.63. The van der Waals surface area contributed by atoms with E-state index in [0.29, 0.717) is 12.6 Å². The van der Waals surface area contributed by atoms with E-state index in [1.807, 2.05) is 35.2 Å². The second kappa shape index (κ2) is 7.22. The second-order valence-electron chi connectivity index (χ2n) is 5.73. The minimum Gasteiger partial charge on any atom is -0.458 e. The zero-order valence-corrected chi connectivity index (χ0v) is 13.3. The van der Waals surface area contributed by atoms with Gasteiger partial charge < -0.3 is 9.64 Å². The van der Waals surface area contributed by atoms with Crippen LogP contribution in [0.3, 0.4) is 0 Å². The summed E-state index contributed by atoms with van der Waals surface area (Å²) in [7, 11) is 0. The molecule has 23 heavy (non-hydrogen) atoms. The highest BCUT2D eigenvalue weighted by molar-refractivity contribution is 5.94. The maximum atomic E-state index is 12.5. The summed E-state index contributed by atoms with van der Waals surface area (Å²) in [5, 5.41) is 0. The highest BCUT2D eigenvalue weighted by Crippen LogP contribution is 2.17. The van der Waals surface area contributed by atoms with Crippen molar-refractivity contribution in [3.63, 3.8) is 0 Å². The van der Waals surface area contributed by atoms with Crippen LogP contribution in [0.25, 0.3) is 0 Å². The van der Waals surface area contributed by atoms with Crippen molar-refractivity contribution < 1.29 is 9.53 Å². The molecule has 5 heteroatoms. The average molecular weight is 311 g/mol. The van der Waals surface area contributed by atoms with E-state index in [2.05, 4.69) is 16.9 Å². The number of benzene rings is 1. The maximum Gasteiger partial charge on any atom is 0.316 e. The number of likely N-dealkylation sites (tertiary alicyclic amines) is 1. The van der Waals surface area contributed by atoms with Crippen molar-refractivity contribution in [3.8, 4) is 6.01 Å². The summed E-state index contributed by atoms with van der Waals surface area (Å²) in [6.45, 7) is 3.41. The molecule has 0 saturated carbocycles. The Morgan fingerprint density at radius 2 is 2.00 bits per heavy atom. The Labute approximate surface area is 136 Å². The lowest BCUT2D eigenvalue weighted by molar-refractivity contribution is 0.0515. The van der Waals surface area contributed by atoms with Crippen LogP contribution in [-0.2, 0) is 6.42 Å². The van der Waals surface area contributed by atoms with Crippen LogP contribution in [-0.4, -0.2) is 40.0 Å². The normalized spacial score (nSPS) is 17.8. The lowest BCUT2D eigenvalue weighted by Crippen LogP contribution is -2.44. The monoisotopic (exact) mass is 311 g/mol. The SMILES string of the molecule is CCc1cnc(OC2CCCN(C(=O)c3ccccc3)C2)nc1. The van der Waals surface area contributed by atoms with Crippen LogP contribution in [0.5, 0.6) is 6.01 Å². The molecule has 1 unspecified atom stereocenters. The van der Waals surface area contributed by atoms with Crippen LogP contribution in [0.4, 0.5) is 0 Å². The lowest BCUT2D eigenvalue weighted by Gasteiger charge is -2.32. The fourth-order valence-corrected chi connectivity index (χ4v) is 2.72. The van der Waals surface area contributed by atoms with Crippen LogP contribution in [0, 0.1) is 0 Å². The van der Waals surface area contributed by atoms with Gasteiger partial charge in [0.25, 0.3) is 5.91 Å². The van der Waals surface area contributed by atoms with Gasteiger partial charge in [0, 0.05) is 24.5 Å². The zero-order chi connectivity index (χ0) is 16.1. The Hall–Kier alpha value is -2.43. The fourth-order valence-electron chi connectivity index (χ4n) is 2.72. The smallest absolute Gasteiger partial charge is 0.316 e. The molecule has 3 rings (SSSR count). The second-order valence-corrected chi connectivity index (χ2v) is 5.73. The van der Waals surface area contributed by atoms with Gasteiger partial charge in [-0.1, -0.05) is 25.1 Å². The number of piperidine rings is 1. The Bertz CT molecular complexity index is 643. The molecule has 1 aromatic carbocycles. The number of aryl methyl sites for hydroxylation is 1. The van der Waals surface area contributed by atoms with Crippen molar-refractivity contribution in [2.75, 3.05) is 13.1 Å². The number of carbonyl (C=O) groups excluding carboxylic acids is 1. The van der Waals surface area contributed by atoms with Crippen molar-refractivity contribution in [1.82, 2.24) is 14.9 Å². The molecule has 0 radical (unpaired) electrons.